The van der Waals surface area contributed by atoms with Crippen LogP contribution >= 0.6 is 22.6 Å². The normalized spacial score (nSPS) is 14.0. The van der Waals surface area contributed by atoms with Crippen molar-refractivity contribution in [2.45, 2.75) is 35.1 Å². The summed E-state index contributed by atoms with van der Waals surface area (Å²) in [6.07, 6.45) is 5.70. The van der Waals surface area contributed by atoms with Crippen molar-refractivity contribution in [3.63, 3.8) is 0 Å². The van der Waals surface area contributed by atoms with Gasteiger partial charge in [0.05, 0.1) is 0 Å². The predicted molar refractivity (Wildman–Crippen MR) is 42.0 cm³/mol. The summed E-state index contributed by atoms with van der Waals surface area (Å²) >= 11 is 4.00. The molecule has 0 aromatic heterocycles. The van der Waals surface area contributed by atoms with E-state index in [2.05, 4.69) is 29.5 Å². The first kappa shape index (κ1) is 9.35. The van der Waals surface area contributed by atoms with Crippen molar-refractivity contribution >= 4 is 22.6 Å². The van der Waals surface area contributed by atoms with E-state index in [0.717, 1.165) is 2.52 Å². The molecule has 0 bridgehead atoms. The quantitative estimate of drug-likeness (QED) is 0.320. The van der Waals surface area contributed by atoms with Crippen molar-refractivity contribution in [1.82, 2.24) is 0 Å². The number of alkyl halides is 1. The van der Waals surface area contributed by atoms with E-state index in [1.54, 1.807) is 0 Å². The zero-order valence-corrected chi connectivity index (χ0v) is 10.6. The van der Waals surface area contributed by atoms with Gasteiger partial charge < -0.3 is 0 Å². The summed E-state index contributed by atoms with van der Waals surface area (Å²) in [5.74, 6) is 0. The van der Waals surface area contributed by atoms with E-state index in [1.165, 1.54) is 44.0 Å². The van der Waals surface area contributed by atoms with Crippen LogP contribution in [0.3, 0.4) is 0 Å². The van der Waals surface area contributed by atoms with Crippen LogP contribution in [-0.2, 0) is 18.3 Å². The van der Waals surface area contributed by atoms with Crippen LogP contribution in [-0.4, -0.2) is 2.52 Å². The fraction of sp³-hybridized carbons (Fsp3) is 1.00. The van der Waals surface area contributed by atoms with Crippen LogP contribution in [0.1, 0.15) is 32.6 Å². The number of unbranched alkanes of at least 4 members (excludes halogenated alkanes) is 2. The predicted octanol–water partition coefficient (Wildman–Crippen LogP) is 2.87. The van der Waals surface area contributed by atoms with Crippen LogP contribution in [0.2, 0.25) is 0 Å². The fourth-order valence-corrected chi connectivity index (χ4v) is 1.66. The molecule has 0 nitrogen and oxygen atoms in total. The number of halogens is 1. The molecule has 0 spiro atoms. The molecule has 0 saturated heterocycles. The summed E-state index contributed by atoms with van der Waals surface area (Å²) in [4.78, 5) is 0. The molecule has 0 rings (SSSR count). The van der Waals surface area contributed by atoms with Gasteiger partial charge in [-0.25, -0.2) is 0 Å². The molecule has 0 aromatic carbocycles. The summed E-state index contributed by atoms with van der Waals surface area (Å²) in [6.45, 7) is 2.26. The maximum atomic E-state index is 2.54. The van der Waals surface area contributed by atoms with Gasteiger partial charge in [0.1, 0.15) is 0 Å². The standard InChI is InChI=1S/C6H12I.Zn/c1-2-3-4-5-6-7;/h6H,2-5H2,1H3;. The molecule has 0 N–H and O–H groups in total. The molecule has 0 amide bonds. The Kier molecular flexibility index (Phi) is 7.57. The van der Waals surface area contributed by atoms with Crippen LogP contribution in [0.5, 0.6) is 0 Å². The third kappa shape index (κ3) is 7.35. The third-order valence-corrected chi connectivity index (χ3v) is 2.60. The minimum atomic E-state index is 0.999. The molecular formula is C6H12IZn. The van der Waals surface area contributed by atoms with Crippen LogP contribution < -0.4 is 0 Å². The molecule has 0 aliphatic heterocycles. The second kappa shape index (κ2) is 6.47. The topological polar surface area (TPSA) is 0 Å². The SMILES string of the molecule is CCCCC[CH]([Zn])I. The zero-order chi connectivity index (χ0) is 6.41. The Balaban J connectivity index is 2.72. The zero-order valence-electron chi connectivity index (χ0n) is 5.49. The van der Waals surface area contributed by atoms with Gasteiger partial charge in [-0.2, -0.15) is 0 Å². The molecule has 2 heteroatoms. The Bertz CT molecular complexity index is 45.8. The summed E-state index contributed by atoms with van der Waals surface area (Å²) < 4.78 is 0.999. The van der Waals surface area contributed by atoms with Crippen molar-refractivity contribution in [3.8, 4) is 0 Å². The van der Waals surface area contributed by atoms with Gasteiger partial charge in [0.25, 0.3) is 0 Å². The van der Waals surface area contributed by atoms with Gasteiger partial charge in [-0.1, -0.05) is 0 Å². The van der Waals surface area contributed by atoms with E-state index in [1.807, 2.05) is 0 Å². The molecule has 8 heavy (non-hydrogen) atoms. The molecule has 0 heterocycles. The van der Waals surface area contributed by atoms with Gasteiger partial charge in [-0.3, -0.25) is 0 Å². The van der Waals surface area contributed by atoms with E-state index in [-0.39, 0.29) is 0 Å². The van der Waals surface area contributed by atoms with Gasteiger partial charge in [0.2, 0.25) is 0 Å². The van der Waals surface area contributed by atoms with Gasteiger partial charge in [-0.05, 0) is 0 Å². The first-order chi connectivity index (χ1) is 3.77. The second-order valence-electron chi connectivity index (χ2n) is 2.09. The van der Waals surface area contributed by atoms with Crippen molar-refractivity contribution in [3.05, 3.63) is 0 Å². The van der Waals surface area contributed by atoms with Crippen LogP contribution in [0.25, 0.3) is 0 Å². The van der Waals surface area contributed by atoms with Gasteiger partial charge >= 0.3 is 76.0 Å². The van der Waals surface area contributed by atoms with Crippen molar-refractivity contribution in [1.29, 1.82) is 0 Å². The Labute approximate surface area is 75.6 Å². The number of hydrogen-bond donors (Lipinski definition) is 0. The molecule has 0 radical (unpaired) electrons. The molecule has 0 aliphatic rings. The third-order valence-electron chi connectivity index (χ3n) is 1.12. The van der Waals surface area contributed by atoms with Gasteiger partial charge in [0.15, 0.2) is 0 Å². The summed E-state index contributed by atoms with van der Waals surface area (Å²) in [5.41, 5.74) is 0. The Morgan fingerprint density at radius 3 is 2.50 bits per heavy atom. The molecule has 0 aliphatic carbocycles. The average Bonchev–Trinajstić information content (AvgIpc) is 1.66. The van der Waals surface area contributed by atoms with Crippen molar-refractivity contribution in [2.75, 3.05) is 0 Å². The first-order valence-electron chi connectivity index (χ1n) is 3.24. The van der Waals surface area contributed by atoms with Crippen molar-refractivity contribution < 1.29 is 18.3 Å². The van der Waals surface area contributed by atoms with Crippen LogP contribution in [0, 0.1) is 0 Å². The maximum absolute atomic E-state index is 2.54. The molecule has 0 fully saturated rings. The summed E-state index contributed by atoms with van der Waals surface area (Å²) in [6, 6.07) is 0. The van der Waals surface area contributed by atoms with E-state index >= 15 is 0 Å². The summed E-state index contributed by atoms with van der Waals surface area (Å²) in [7, 11) is 0. The van der Waals surface area contributed by atoms with Crippen molar-refractivity contribution in [2.24, 2.45) is 0 Å². The van der Waals surface area contributed by atoms with Gasteiger partial charge in [-0.15, -0.1) is 0 Å². The Morgan fingerprint density at radius 2 is 2.12 bits per heavy atom. The summed E-state index contributed by atoms with van der Waals surface area (Å²) in [5, 5.41) is 0. The number of hydrogen-bond acceptors (Lipinski definition) is 0. The molecule has 1 atom stereocenters. The monoisotopic (exact) mass is 275 g/mol. The number of rotatable bonds is 4. The average molecular weight is 276 g/mol. The van der Waals surface area contributed by atoms with E-state index in [4.69, 9.17) is 0 Å². The molecular weight excluding hydrogens is 264 g/mol. The van der Waals surface area contributed by atoms with E-state index in [9.17, 15) is 0 Å². The van der Waals surface area contributed by atoms with E-state index in [0.29, 0.717) is 0 Å². The Morgan fingerprint density at radius 1 is 1.50 bits per heavy atom. The van der Waals surface area contributed by atoms with E-state index < -0.39 is 0 Å². The first-order valence-corrected chi connectivity index (χ1v) is 6.20. The fourth-order valence-electron chi connectivity index (χ4n) is 0.616. The molecule has 45 valence electrons. The molecule has 0 saturated carbocycles. The van der Waals surface area contributed by atoms with Crippen LogP contribution in [0.15, 0.2) is 0 Å². The van der Waals surface area contributed by atoms with Crippen LogP contribution in [0.4, 0.5) is 0 Å². The molecule has 1 unspecified atom stereocenters. The minimum absolute atomic E-state index is 0.999. The Hall–Kier alpha value is 1.35. The second-order valence-corrected chi connectivity index (χ2v) is 9.41. The molecule has 0 aromatic rings. The van der Waals surface area contributed by atoms with Gasteiger partial charge in [0, 0.05) is 0 Å².